The number of halogens is 1. The maximum absolute atomic E-state index is 4.06. The minimum Gasteiger partial charge on any atom is -0.0683 e. The van der Waals surface area contributed by atoms with Gasteiger partial charge in [0.05, 0.1) is 0 Å². The van der Waals surface area contributed by atoms with Gasteiger partial charge in [0.25, 0.3) is 0 Å². The van der Waals surface area contributed by atoms with Crippen LogP contribution in [0.15, 0.2) is 54.6 Å². The van der Waals surface area contributed by atoms with Crippen LogP contribution in [0.2, 0.25) is 0 Å². The second-order valence-electron chi connectivity index (χ2n) is 7.02. The van der Waals surface area contributed by atoms with Crippen LogP contribution in [0, 0.1) is 6.92 Å². The van der Waals surface area contributed by atoms with Crippen molar-refractivity contribution in [3.05, 3.63) is 88.0 Å². The molecule has 32 heavy (non-hydrogen) atoms. The molecule has 1 aliphatic rings. The molecule has 0 saturated carbocycles. The van der Waals surface area contributed by atoms with Gasteiger partial charge in [-0.15, -0.1) is 0 Å². The standard InChI is InChI=1S/C25H29I.3C2H6/c1-7-12-19-16-22-23(15-18(19)8-2)25(26(5)6)20(9-3)24(22)21-14-11-10-13-17(21)4;3*1-2/h7-8,10-16,25H,2,9H2,1,3-6H3;3*1-2H3/b12-7-;;;. The van der Waals surface area contributed by atoms with Gasteiger partial charge >= 0.3 is 167 Å². The Bertz CT molecular complexity index is 897. The summed E-state index contributed by atoms with van der Waals surface area (Å²) in [6, 6.07) is 13.7. The molecule has 0 nitrogen and oxygen atoms in total. The summed E-state index contributed by atoms with van der Waals surface area (Å²) in [7, 11) is 0. The molecule has 0 heterocycles. The molecule has 1 unspecified atom stereocenters. The topological polar surface area (TPSA) is 0 Å². The summed E-state index contributed by atoms with van der Waals surface area (Å²) in [6.07, 6.45) is 7.46. The molecule has 0 amide bonds. The first kappa shape index (κ1) is 30.4. The average molecular weight is 547 g/mol. The summed E-state index contributed by atoms with van der Waals surface area (Å²) in [6.45, 7) is 22.7. The Labute approximate surface area is 207 Å². The molecular weight excluding hydrogens is 499 g/mol. The second kappa shape index (κ2) is 16.1. The first-order valence-electron chi connectivity index (χ1n) is 12.2. The fourth-order valence-corrected chi connectivity index (χ4v) is 8.20. The van der Waals surface area contributed by atoms with Crippen LogP contribution in [0.4, 0.5) is 0 Å². The first-order valence-corrected chi connectivity index (χ1v) is 17.8. The van der Waals surface area contributed by atoms with Gasteiger partial charge in [0.2, 0.25) is 0 Å². The Morgan fingerprint density at radius 3 is 1.97 bits per heavy atom. The van der Waals surface area contributed by atoms with E-state index in [9.17, 15) is 0 Å². The summed E-state index contributed by atoms with van der Waals surface area (Å²) in [5.74, 6) is 0. The maximum Gasteiger partial charge on any atom is -0.0683 e. The maximum atomic E-state index is 4.06. The number of fused-ring (bicyclic) bond motifs is 1. The molecule has 1 aliphatic carbocycles. The van der Waals surface area contributed by atoms with Crippen LogP contribution in [0.1, 0.15) is 99.1 Å². The molecule has 0 fully saturated rings. The number of allylic oxidation sites excluding steroid dienone is 2. The van der Waals surface area contributed by atoms with Crippen molar-refractivity contribution < 1.29 is 0 Å². The predicted octanol–water partition coefficient (Wildman–Crippen LogP) is 10.8. The normalized spacial score (nSPS) is 14.3. The molecule has 0 radical (unpaired) electrons. The van der Waals surface area contributed by atoms with Crippen molar-refractivity contribution in [1.82, 2.24) is 0 Å². The van der Waals surface area contributed by atoms with E-state index in [1.165, 1.54) is 33.4 Å². The van der Waals surface area contributed by atoms with Crippen LogP contribution in [0.5, 0.6) is 0 Å². The summed E-state index contributed by atoms with van der Waals surface area (Å²) in [5.41, 5.74) is 11.4. The Hall–Kier alpha value is -1.61. The van der Waals surface area contributed by atoms with Gasteiger partial charge in [0, 0.05) is 0 Å². The molecule has 0 saturated heterocycles. The van der Waals surface area contributed by atoms with E-state index in [0.29, 0.717) is 3.92 Å². The number of hydrogen-bond donors (Lipinski definition) is 0. The summed E-state index contributed by atoms with van der Waals surface area (Å²) in [4.78, 5) is 5.00. The molecule has 0 bridgehead atoms. The Morgan fingerprint density at radius 1 is 0.906 bits per heavy atom. The Morgan fingerprint density at radius 2 is 1.50 bits per heavy atom. The van der Waals surface area contributed by atoms with Gasteiger partial charge in [-0.05, 0) is 0 Å². The third-order valence-corrected chi connectivity index (χ3v) is 9.14. The summed E-state index contributed by atoms with van der Waals surface area (Å²) < 4.78 is 0.646. The first-order chi connectivity index (χ1) is 15.5. The van der Waals surface area contributed by atoms with Crippen LogP contribution in [-0.4, -0.2) is 9.86 Å². The van der Waals surface area contributed by atoms with Crippen LogP contribution < -0.4 is 0 Å². The largest absolute Gasteiger partial charge is 0.0683 e. The molecule has 0 spiro atoms. The van der Waals surface area contributed by atoms with E-state index in [1.54, 1.807) is 11.1 Å². The van der Waals surface area contributed by atoms with Gasteiger partial charge in [0.15, 0.2) is 0 Å². The SMILES string of the molecule is C=Cc1cc2c(cc1/C=C\C)C(c1ccccc1C)=C(CC)C2I(C)C.CC.CC.CC. The van der Waals surface area contributed by atoms with Crippen LogP contribution in [0.3, 0.4) is 0 Å². The zero-order valence-electron chi connectivity index (χ0n) is 22.6. The molecule has 1 heteroatoms. The number of aryl methyl sites for hydroxylation is 1. The number of rotatable bonds is 5. The molecule has 3 rings (SSSR count). The van der Waals surface area contributed by atoms with Crippen molar-refractivity contribution >= 4 is 37.5 Å². The smallest absolute Gasteiger partial charge is 0.0683 e. The van der Waals surface area contributed by atoms with Crippen molar-refractivity contribution in [1.29, 1.82) is 0 Å². The third-order valence-electron chi connectivity index (χ3n) is 5.22. The molecule has 2 aromatic rings. The van der Waals surface area contributed by atoms with Gasteiger partial charge in [-0.2, -0.15) is 0 Å². The van der Waals surface area contributed by atoms with Crippen molar-refractivity contribution in [2.75, 3.05) is 9.86 Å². The molecule has 2 aromatic carbocycles. The molecular formula is C31H47I. The van der Waals surface area contributed by atoms with Crippen LogP contribution in [0.25, 0.3) is 17.7 Å². The molecule has 0 aliphatic heterocycles. The van der Waals surface area contributed by atoms with Crippen molar-refractivity contribution in [2.45, 2.75) is 72.7 Å². The van der Waals surface area contributed by atoms with Crippen LogP contribution in [-0.2, 0) is 0 Å². The van der Waals surface area contributed by atoms with Crippen molar-refractivity contribution in [3.63, 3.8) is 0 Å². The van der Waals surface area contributed by atoms with Gasteiger partial charge < -0.3 is 0 Å². The van der Waals surface area contributed by atoms with E-state index < -0.39 is 19.8 Å². The fraction of sp³-hybridized carbons (Fsp3) is 0.419. The summed E-state index contributed by atoms with van der Waals surface area (Å²) in [5, 5.41) is 0. The number of alkyl halides is 3. The van der Waals surface area contributed by atoms with E-state index in [1.807, 2.05) is 47.6 Å². The molecule has 178 valence electrons. The minimum absolute atomic E-state index is 0.646. The van der Waals surface area contributed by atoms with Crippen molar-refractivity contribution in [3.8, 4) is 0 Å². The van der Waals surface area contributed by atoms with E-state index >= 15 is 0 Å². The zero-order chi connectivity index (χ0) is 24.8. The number of hydrogen-bond acceptors (Lipinski definition) is 0. The van der Waals surface area contributed by atoms with Gasteiger partial charge in [-0.25, -0.2) is 0 Å². The zero-order valence-corrected chi connectivity index (χ0v) is 24.7. The molecule has 0 aromatic heterocycles. The minimum atomic E-state index is -1.07. The van der Waals surface area contributed by atoms with E-state index in [0.717, 1.165) is 6.42 Å². The average Bonchev–Trinajstić information content (AvgIpc) is 3.16. The molecule has 0 N–H and O–H groups in total. The van der Waals surface area contributed by atoms with E-state index in [2.05, 4.69) is 85.8 Å². The molecule has 1 atom stereocenters. The van der Waals surface area contributed by atoms with Gasteiger partial charge in [0.1, 0.15) is 0 Å². The third kappa shape index (κ3) is 6.70. The fourth-order valence-electron chi connectivity index (χ4n) is 4.09. The monoisotopic (exact) mass is 546 g/mol. The number of benzene rings is 2. The van der Waals surface area contributed by atoms with E-state index in [-0.39, 0.29) is 0 Å². The van der Waals surface area contributed by atoms with Gasteiger partial charge in [-0.3, -0.25) is 0 Å². The summed E-state index contributed by atoms with van der Waals surface area (Å²) >= 11 is -1.07. The Kier molecular flexibility index (Phi) is 15.3. The predicted molar refractivity (Wildman–Crippen MR) is 161 cm³/mol. The van der Waals surface area contributed by atoms with Gasteiger partial charge in [-0.1, -0.05) is 41.5 Å². The quantitative estimate of drug-likeness (QED) is 0.258. The van der Waals surface area contributed by atoms with E-state index in [4.69, 9.17) is 0 Å². The van der Waals surface area contributed by atoms with Crippen molar-refractivity contribution in [2.24, 2.45) is 0 Å². The second-order valence-corrected chi connectivity index (χ2v) is 12.9. The Balaban J connectivity index is 0.00000148. The van der Waals surface area contributed by atoms with Crippen LogP contribution >= 0.6 is 19.8 Å².